The Morgan fingerprint density at radius 3 is 3.00 bits per heavy atom. The van der Waals surface area contributed by atoms with Crippen LogP contribution in [-0.2, 0) is 4.74 Å². The van der Waals surface area contributed by atoms with E-state index in [-0.39, 0.29) is 0 Å². The molecule has 0 spiro atoms. The molecule has 0 amide bonds. The number of anilines is 1. The first kappa shape index (κ1) is 13.3. The van der Waals surface area contributed by atoms with Crippen molar-refractivity contribution < 1.29 is 4.74 Å². The van der Waals surface area contributed by atoms with Crippen molar-refractivity contribution in [2.24, 2.45) is 0 Å². The van der Waals surface area contributed by atoms with Crippen LogP contribution in [0.25, 0.3) is 10.4 Å². The molecule has 0 fully saturated rings. The van der Waals surface area contributed by atoms with Crippen LogP contribution in [0.2, 0.25) is 5.02 Å². The van der Waals surface area contributed by atoms with Gasteiger partial charge >= 0.3 is 0 Å². The average molecular weight is 283 g/mol. The van der Waals surface area contributed by atoms with Gasteiger partial charge in [0, 0.05) is 24.9 Å². The summed E-state index contributed by atoms with van der Waals surface area (Å²) in [5, 5.41) is 4.90. The molecule has 0 radical (unpaired) electrons. The van der Waals surface area contributed by atoms with Gasteiger partial charge in [-0.3, -0.25) is 0 Å². The monoisotopic (exact) mass is 282 g/mol. The molecule has 2 aromatic rings. The Labute approximate surface area is 116 Å². The van der Waals surface area contributed by atoms with Gasteiger partial charge < -0.3 is 10.1 Å². The molecular formula is C13H15ClN2OS. The summed E-state index contributed by atoms with van der Waals surface area (Å²) in [7, 11) is 1.69. The number of hydrogen-bond acceptors (Lipinski definition) is 4. The van der Waals surface area contributed by atoms with Crippen LogP contribution in [0.4, 0.5) is 5.13 Å². The molecule has 0 aliphatic rings. The highest BCUT2D eigenvalue weighted by molar-refractivity contribution is 7.18. The van der Waals surface area contributed by atoms with Gasteiger partial charge in [0.1, 0.15) is 0 Å². The topological polar surface area (TPSA) is 34.1 Å². The van der Waals surface area contributed by atoms with E-state index in [4.69, 9.17) is 16.3 Å². The van der Waals surface area contributed by atoms with Gasteiger partial charge in [0.15, 0.2) is 5.13 Å². The van der Waals surface area contributed by atoms with E-state index in [1.807, 2.05) is 24.4 Å². The van der Waals surface area contributed by atoms with Gasteiger partial charge in [-0.2, -0.15) is 0 Å². The number of thiazole rings is 1. The van der Waals surface area contributed by atoms with Crippen LogP contribution in [-0.4, -0.2) is 25.2 Å². The molecule has 0 saturated heterocycles. The standard InChI is InChI=1S/C13H15ClN2OS/c1-9-7-10(14)3-4-11(9)12-8-16-13(18-12)15-5-6-17-2/h3-4,7-8H,5-6H2,1-2H3,(H,15,16). The van der Waals surface area contributed by atoms with Gasteiger partial charge in [-0.25, -0.2) is 4.98 Å². The molecule has 18 heavy (non-hydrogen) atoms. The Morgan fingerprint density at radius 2 is 2.28 bits per heavy atom. The van der Waals surface area contributed by atoms with E-state index in [2.05, 4.69) is 17.2 Å². The molecule has 0 saturated carbocycles. The highest BCUT2D eigenvalue weighted by atomic mass is 35.5. The Hall–Kier alpha value is -1.10. The quantitative estimate of drug-likeness (QED) is 0.846. The molecule has 3 nitrogen and oxygen atoms in total. The minimum absolute atomic E-state index is 0.675. The zero-order valence-corrected chi connectivity index (χ0v) is 11.9. The van der Waals surface area contributed by atoms with E-state index in [0.717, 1.165) is 27.1 Å². The summed E-state index contributed by atoms with van der Waals surface area (Å²) in [4.78, 5) is 5.49. The molecule has 1 heterocycles. The second-order valence-corrected chi connectivity index (χ2v) is 5.38. The average Bonchev–Trinajstić information content (AvgIpc) is 2.78. The number of methoxy groups -OCH3 is 1. The molecule has 5 heteroatoms. The first-order valence-corrected chi connectivity index (χ1v) is 6.85. The number of benzene rings is 1. The van der Waals surface area contributed by atoms with Crippen molar-refractivity contribution >= 4 is 28.1 Å². The Bertz CT molecular complexity index is 527. The van der Waals surface area contributed by atoms with Crippen LogP contribution in [0.5, 0.6) is 0 Å². The maximum absolute atomic E-state index is 5.96. The highest BCUT2D eigenvalue weighted by Crippen LogP contribution is 2.32. The van der Waals surface area contributed by atoms with Crippen molar-refractivity contribution in [3.05, 3.63) is 35.0 Å². The normalized spacial score (nSPS) is 10.6. The Kier molecular flexibility index (Phi) is 4.58. The molecule has 0 unspecified atom stereocenters. The van der Waals surface area contributed by atoms with Crippen LogP contribution in [0.1, 0.15) is 5.56 Å². The zero-order chi connectivity index (χ0) is 13.0. The van der Waals surface area contributed by atoms with Gasteiger partial charge in [-0.05, 0) is 30.2 Å². The molecule has 2 rings (SSSR count). The number of aryl methyl sites for hydroxylation is 1. The maximum Gasteiger partial charge on any atom is 0.183 e. The summed E-state index contributed by atoms with van der Waals surface area (Å²) in [5.41, 5.74) is 2.34. The third-order valence-electron chi connectivity index (χ3n) is 2.54. The van der Waals surface area contributed by atoms with Gasteiger partial charge in [0.25, 0.3) is 0 Å². The number of hydrogen-bond donors (Lipinski definition) is 1. The van der Waals surface area contributed by atoms with Crippen molar-refractivity contribution in [1.82, 2.24) is 4.98 Å². The molecule has 1 aromatic carbocycles. The third-order valence-corrected chi connectivity index (χ3v) is 3.77. The minimum atomic E-state index is 0.675. The molecule has 0 aliphatic heterocycles. The number of rotatable bonds is 5. The first-order chi connectivity index (χ1) is 8.70. The zero-order valence-electron chi connectivity index (χ0n) is 10.4. The number of halogens is 1. The summed E-state index contributed by atoms with van der Waals surface area (Å²) < 4.78 is 4.99. The lowest BCUT2D eigenvalue weighted by Gasteiger charge is -2.03. The lowest BCUT2D eigenvalue weighted by molar-refractivity contribution is 0.211. The fraction of sp³-hybridized carbons (Fsp3) is 0.308. The molecule has 0 bridgehead atoms. The number of aromatic nitrogens is 1. The number of nitrogens with one attached hydrogen (secondary N) is 1. The van der Waals surface area contributed by atoms with Gasteiger partial charge in [0.05, 0.1) is 11.5 Å². The van der Waals surface area contributed by atoms with E-state index >= 15 is 0 Å². The Morgan fingerprint density at radius 1 is 1.44 bits per heavy atom. The summed E-state index contributed by atoms with van der Waals surface area (Å²) in [6.07, 6.45) is 1.88. The van der Waals surface area contributed by atoms with E-state index in [1.165, 1.54) is 5.56 Å². The van der Waals surface area contributed by atoms with Crippen LogP contribution in [0, 0.1) is 6.92 Å². The van der Waals surface area contributed by atoms with Gasteiger partial charge in [-0.1, -0.05) is 29.0 Å². The molecule has 0 aliphatic carbocycles. The summed E-state index contributed by atoms with van der Waals surface area (Å²) in [5.74, 6) is 0. The fourth-order valence-electron chi connectivity index (χ4n) is 1.64. The van der Waals surface area contributed by atoms with Gasteiger partial charge in [-0.15, -0.1) is 0 Å². The van der Waals surface area contributed by atoms with E-state index in [1.54, 1.807) is 18.4 Å². The predicted molar refractivity (Wildman–Crippen MR) is 77.7 cm³/mol. The third kappa shape index (κ3) is 3.22. The Balaban J connectivity index is 2.13. The van der Waals surface area contributed by atoms with E-state index in [0.29, 0.717) is 6.61 Å². The molecule has 1 N–H and O–H groups in total. The van der Waals surface area contributed by atoms with Crippen molar-refractivity contribution in [2.45, 2.75) is 6.92 Å². The maximum atomic E-state index is 5.96. The largest absolute Gasteiger partial charge is 0.383 e. The minimum Gasteiger partial charge on any atom is -0.383 e. The molecule has 1 aromatic heterocycles. The number of nitrogens with zero attached hydrogens (tertiary/aromatic N) is 1. The number of ether oxygens (including phenoxy) is 1. The van der Waals surface area contributed by atoms with Crippen LogP contribution in [0.15, 0.2) is 24.4 Å². The second kappa shape index (κ2) is 6.18. The molecular weight excluding hydrogens is 268 g/mol. The summed E-state index contributed by atoms with van der Waals surface area (Å²) in [6.45, 7) is 3.50. The van der Waals surface area contributed by atoms with Crippen molar-refractivity contribution in [3.63, 3.8) is 0 Å². The lowest BCUT2D eigenvalue weighted by Crippen LogP contribution is -2.06. The SMILES string of the molecule is COCCNc1ncc(-c2ccc(Cl)cc2C)s1. The summed E-state index contributed by atoms with van der Waals surface area (Å²) in [6, 6.07) is 5.90. The van der Waals surface area contributed by atoms with Crippen LogP contribution < -0.4 is 5.32 Å². The fourth-order valence-corrected chi connectivity index (χ4v) is 2.80. The summed E-state index contributed by atoms with van der Waals surface area (Å²) >= 11 is 7.59. The second-order valence-electron chi connectivity index (χ2n) is 3.91. The van der Waals surface area contributed by atoms with Crippen LogP contribution >= 0.6 is 22.9 Å². The van der Waals surface area contributed by atoms with Crippen molar-refractivity contribution in [2.75, 3.05) is 25.6 Å². The lowest BCUT2D eigenvalue weighted by atomic mass is 10.1. The first-order valence-electron chi connectivity index (χ1n) is 5.66. The smallest absolute Gasteiger partial charge is 0.183 e. The van der Waals surface area contributed by atoms with Crippen molar-refractivity contribution in [1.29, 1.82) is 0 Å². The predicted octanol–water partition coefficient (Wildman–Crippen LogP) is 3.83. The van der Waals surface area contributed by atoms with E-state index < -0.39 is 0 Å². The van der Waals surface area contributed by atoms with Crippen LogP contribution in [0.3, 0.4) is 0 Å². The molecule has 96 valence electrons. The molecule has 0 atom stereocenters. The van der Waals surface area contributed by atoms with Crippen molar-refractivity contribution in [3.8, 4) is 10.4 Å². The van der Waals surface area contributed by atoms with E-state index in [9.17, 15) is 0 Å². The highest BCUT2D eigenvalue weighted by Gasteiger charge is 2.07. The van der Waals surface area contributed by atoms with Gasteiger partial charge in [0.2, 0.25) is 0 Å².